The van der Waals surface area contributed by atoms with Crippen LogP contribution in [0.15, 0.2) is 24.3 Å². The highest BCUT2D eigenvalue weighted by molar-refractivity contribution is 5.93. The number of carboxylic acid groups (broad SMARTS) is 1. The zero-order chi connectivity index (χ0) is 12.8. The van der Waals surface area contributed by atoms with Crippen molar-refractivity contribution in [2.45, 2.75) is 13.8 Å². The highest BCUT2D eigenvalue weighted by atomic mass is 16.4. The third kappa shape index (κ3) is 3.48. The maximum atomic E-state index is 11.7. The Morgan fingerprint density at radius 1 is 1.29 bits per heavy atom. The van der Waals surface area contributed by atoms with Gasteiger partial charge in [0.05, 0.1) is 5.56 Å². The lowest BCUT2D eigenvalue weighted by Gasteiger charge is -2.19. The zero-order valence-corrected chi connectivity index (χ0v) is 9.93. The Labute approximate surface area is 100 Å². The summed E-state index contributed by atoms with van der Waals surface area (Å²) in [4.78, 5) is 24.1. The van der Waals surface area contributed by atoms with Crippen LogP contribution in [-0.4, -0.2) is 35.1 Å². The van der Waals surface area contributed by atoms with E-state index < -0.39 is 5.97 Å². The van der Waals surface area contributed by atoms with E-state index in [1.54, 1.807) is 17.0 Å². The van der Waals surface area contributed by atoms with E-state index in [0.29, 0.717) is 18.8 Å². The molecule has 1 aromatic carbocycles. The third-order valence-electron chi connectivity index (χ3n) is 2.41. The Morgan fingerprint density at radius 3 is 2.47 bits per heavy atom. The van der Waals surface area contributed by atoms with Crippen LogP contribution in [0, 0.1) is 0 Å². The normalized spacial score (nSPS) is 9.76. The lowest BCUT2D eigenvalue weighted by molar-refractivity contribution is 0.0697. The highest BCUT2D eigenvalue weighted by Gasteiger charge is 2.10. The van der Waals surface area contributed by atoms with Gasteiger partial charge in [0.2, 0.25) is 0 Å². The largest absolute Gasteiger partial charge is 0.478 e. The van der Waals surface area contributed by atoms with Gasteiger partial charge >= 0.3 is 12.0 Å². The van der Waals surface area contributed by atoms with Crippen molar-refractivity contribution in [3.8, 4) is 0 Å². The fourth-order valence-electron chi connectivity index (χ4n) is 1.44. The number of nitrogens with one attached hydrogen (secondary N) is 1. The molecule has 0 radical (unpaired) electrons. The average Bonchev–Trinajstić information content (AvgIpc) is 2.30. The van der Waals surface area contributed by atoms with Gasteiger partial charge in [-0.05, 0) is 32.0 Å². The van der Waals surface area contributed by atoms with Gasteiger partial charge in [0.15, 0.2) is 0 Å². The molecule has 0 fully saturated rings. The molecule has 0 spiro atoms. The van der Waals surface area contributed by atoms with Gasteiger partial charge in [0, 0.05) is 18.8 Å². The molecule has 0 aliphatic carbocycles. The van der Waals surface area contributed by atoms with Gasteiger partial charge in [0.1, 0.15) is 0 Å². The van der Waals surface area contributed by atoms with Crippen molar-refractivity contribution in [1.29, 1.82) is 0 Å². The summed E-state index contributed by atoms with van der Waals surface area (Å²) in [5, 5.41) is 11.5. The quantitative estimate of drug-likeness (QED) is 0.842. The topological polar surface area (TPSA) is 69.6 Å². The molecule has 0 aliphatic rings. The molecule has 17 heavy (non-hydrogen) atoms. The predicted molar refractivity (Wildman–Crippen MR) is 65.3 cm³/mol. The van der Waals surface area contributed by atoms with E-state index in [4.69, 9.17) is 5.11 Å². The van der Waals surface area contributed by atoms with Gasteiger partial charge in [-0.3, -0.25) is 0 Å². The van der Waals surface area contributed by atoms with Gasteiger partial charge in [-0.1, -0.05) is 6.07 Å². The summed E-state index contributed by atoms with van der Waals surface area (Å²) in [6.07, 6.45) is 0. The van der Waals surface area contributed by atoms with E-state index in [2.05, 4.69) is 5.32 Å². The van der Waals surface area contributed by atoms with Crippen LogP contribution in [-0.2, 0) is 0 Å². The Bertz CT molecular complexity index is 414. The van der Waals surface area contributed by atoms with Gasteiger partial charge in [-0.2, -0.15) is 0 Å². The minimum absolute atomic E-state index is 0.155. The zero-order valence-electron chi connectivity index (χ0n) is 9.93. The molecule has 92 valence electrons. The van der Waals surface area contributed by atoms with Crippen molar-refractivity contribution in [1.82, 2.24) is 4.90 Å². The maximum absolute atomic E-state index is 11.7. The van der Waals surface area contributed by atoms with Gasteiger partial charge in [-0.15, -0.1) is 0 Å². The monoisotopic (exact) mass is 236 g/mol. The molecular weight excluding hydrogens is 220 g/mol. The molecule has 1 aromatic rings. The van der Waals surface area contributed by atoms with E-state index in [-0.39, 0.29) is 11.6 Å². The van der Waals surface area contributed by atoms with Crippen molar-refractivity contribution >= 4 is 17.7 Å². The van der Waals surface area contributed by atoms with Crippen molar-refractivity contribution in [3.63, 3.8) is 0 Å². The molecular formula is C12H16N2O3. The summed E-state index contributed by atoms with van der Waals surface area (Å²) in [5.41, 5.74) is 0.643. The van der Waals surface area contributed by atoms with E-state index in [9.17, 15) is 9.59 Å². The van der Waals surface area contributed by atoms with E-state index in [0.717, 1.165) is 0 Å². The number of carbonyl (C=O) groups is 2. The fraction of sp³-hybridized carbons (Fsp3) is 0.333. The van der Waals surface area contributed by atoms with E-state index in [1.165, 1.54) is 12.1 Å². The number of hydrogen-bond donors (Lipinski definition) is 2. The lowest BCUT2D eigenvalue weighted by Crippen LogP contribution is -2.34. The Morgan fingerprint density at radius 2 is 1.94 bits per heavy atom. The minimum Gasteiger partial charge on any atom is -0.478 e. The number of hydrogen-bond acceptors (Lipinski definition) is 2. The molecule has 0 heterocycles. The van der Waals surface area contributed by atoms with Crippen molar-refractivity contribution in [3.05, 3.63) is 29.8 Å². The first-order valence-corrected chi connectivity index (χ1v) is 5.47. The first-order valence-electron chi connectivity index (χ1n) is 5.47. The summed E-state index contributed by atoms with van der Waals surface area (Å²) >= 11 is 0. The molecule has 0 saturated heterocycles. The van der Waals surface area contributed by atoms with Crippen LogP contribution in [0.3, 0.4) is 0 Å². The van der Waals surface area contributed by atoms with Crippen LogP contribution in [0.1, 0.15) is 24.2 Å². The molecule has 5 nitrogen and oxygen atoms in total. The number of amides is 2. The summed E-state index contributed by atoms with van der Waals surface area (Å²) in [5.74, 6) is -1.01. The minimum atomic E-state index is -1.01. The number of nitrogens with zero attached hydrogens (tertiary/aromatic N) is 1. The van der Waals surface area contributed by atoms with Crippen LogP contribution in [0.2, 0.25) is 0 Å². The van der Waals surface area contributed by atoms with Crippen molar-refractivity contribution in [2.75, 3.05) is 18.4 Å². The van der Waals surface area contributed by atoms with Gasteiger partial charge in [0.25, 0.3) is 0 Å². The molecule has 0 unspecified atom stereocenters. The molecule has 0 aliphatic heterocycles. The average molecular weight is 236 g/mol. The summed E-state index contributed by atoms with van der Waals surface area (Å²) in [6.45, 7) is 5.00. The second kappa shape index (κ2) is 5.89. The smallest absolute Gasteiger partial charge is 0.335 e. The number of carboxylic acids is 1. The second-order valence-corrected chi connectivity index (χ2v) is 3.49. The fourth-order valence-corrected chi connectivity index (χ4v) is 1.44. The van der Waals surface area contributed by atoms with Crippen LogP contribution in [0.4, 0.5) is 10.5 Å². The Kier molecular flexibility index (Phi) is 4.51. The summed E-state index contributed by atoms with van der Waals surface area (Å²) in [7, 11) is 0. The van der Waals surface area contributed by atoms with Crippen LogP contribution < -0.4 is 5.32 Å². The number of rotatable bonds is 4. The van der Waals surface area contributed by atoms with Crippen LogP contribution in [0.25, 0.3) is 0 Å². The number of carbonyl (C=O) groups excluding carboxylic acids is 1. The van der Waals surface area contributed by atoms with Gasteiger partial charge < -0.3 is 15.3 Å². The molecule has 0 bridgehead atoms. The first kappa shape index (κ1) is 13.0. The lowest BCUT2D eigenvalue weighted by atomic mass is 10.2. The number of aromatic carboxylic acids is 1. The number of urea groups is 1. The second-order valence-electron chi connectivity index (χ2n) is 3.49. The molecule has 1 rings (SSSR count). The molecule has 5 heteroatoms. The molecule has 0 saturated carbocycles. The summed E-state index contributed by atoms with van der Waals surface area (Å²) in [6, 6.07) is 5.95. The van der Waals surface area contributed by atoms with E-state index >= 15 is 0 Å². The number of benzene rings is 1. The van der Waals surface area contributed by atoms with E-state index in [1.807, 2.05) is 13.8 Å². The van der Waals surface area contributed by atoms with Gasteiger partial charge in [-0.25, -0.2) is 9.59 Å². The van der Waals surface area contributed by atoms with Crippen LogP contribution in [0.5, 0.6) is 0 Å². The standard InChI is InChI=1S/C12H16N2O3/c1-3-14(4-2)12(17)13-10-7-5-6-9(8-10)11(15)16/h5-8H,3-4H2,1-2H3,(H,13,17)(H,15,16). The maximum Gasteiger partial charge on any atom is 0.335 e. The number of anilines is 1. The van der Waals surface area contributed by atoms with Crippen molar-refractivity contribution < 1.29 is 14.7 Å². The van der Waals surface area contributed by atoms with Crippen molar-refractivity contribution in [2.24, 2.45) is 0 Å². The Balaban J connectivity index is 2.78. The predicted octanol–water partition coefficient (Wildman–Crippen LogP) is 2.26. The molecule has 0 aromatic heterocycles. The Hall–Kier alpha value is -2.04. The highest BCUT2D eigenvalue weighted by Crippen LogP contribution is 2.11. The first-order chi connectivity index (χ1) is 8.08. The molecule has 0 atom stereocenters. The summed E-state index contributed by atoms with van der Waals surface area (Å²) < 4.78 is 0. The SMILES string of the molecule is CCN(CC)C(=O)Nc1cccc(C(=O)O)c1. The molecule has 2 N–H and O–H groups in total. The van der Waals surface area contributed by atoms with Crippen LogP contribution >= 0.6 is 0 Å². The third-order valence-corrected chi connectivity index (χ3v) is 2.41. The molecule has 2 amide bonds.